The molecular weight excluding hydrogens is 423 g/mol. The van der Waals surface area contributed by atoms with Crippen molar-refractivity contribution in [1.29, 1.82) is 0 Å². The molecule has 30 heavy (non-hydrogen) atoms. The van der Waals surface area contributed by atoms with Gasteiger partial charge >= 0.3 is 12.2 Å². The van der Waals surface area contributed by atoms with Gasteiger partial charge in [-0.15, -0.1) is 0 Å². The number of halogens is 4. The summed E-state index contributed by atoms with van der Waals surface area (Å²) in [5, 5.41) is 15.1. The van der Waals surface area contributed by atoms with Crippen LogP contribution in [0.3, 0.4) is 0 Å². The molecule has 6 nitrogen and oxygen atoms in total. The molecule has 0 bridgehead atoms. The van der Waals surface area contributed by atoms with Crippen LogP contribution in [-0.2, 0) is 11.0 Å². The first-order valence-electron chi connectivity index (χ1n) is 9.16. The summed E-state index contributed by atoms with van der Waals surface area (Å²) in [5.74, 6) is -0.849. The van der Waals surface area contributed by atoms with Crippen LogP contribution in [0.2, 0.25) is 5.02 Å². The molecule has 2 aromatic carbocycles. The smallest absolute Gasteiger partial charge is 0.418 e. The van der Waals surface area contributed by atoms with Gasteiger partial charge < -0.3 is 20.6 Å². The van der Waals surface area contributed by atoms with E-state index in [9.17, 15) is 27.9 Å². The Hall–Kier alpha value is -2.94. The normalized spacial score (nSPS) is 15.0. The number of rotatable bonds is 3. The fourth-order valence-corrected chi connectivity index (χ4v) is 3.39. The van der Waals surface area contributed by atoms with Crippen LogP contribution in [0.25, 0.3) is 0 Å². The predicted octanol–water partition coefficient (Wildman–Crippen LogP) is 4.95. The van der Waals surface area contributed by atoms with Crippen molar-refractivity contribution in [3.8, 4) is 5.75 Å². The Labute approximate surface area is 175 Å². The summed E-state index contributed by atoms with van der Waals surface area (Å²) in [5.41, 5.74) is -1.04. The van der Waals surface area contributed by atoms with E-state index in [2.05, 4.69) is 10.6 Å². The fraction of sp³-hybridized carbons (Fsp3) is 0.300. The van der Waals surface area contributed by atoms with Gasteiger partial charge in [0.25, 0.3) is 0 Å². The second-order valence-corrected chi connectivity index (χ2v) is 7.32. The Kier molecular flexibility index (Phi) is 6.40. The summed E-state index contributed by atoms with van der Waals surface area (Å²) in [4.78, 5) is 26.2. The highest BCUT2D eigenvalue weighted by atomic mass is 35.5. The third-order valence-electron chi connectivity index (χ3n) is 4.84. The maximum atomic E-state index is 13.1. The van der Waals surface area contributed by atoms with E-state index in [1.807, 2.05) is 0 Å². The number of piperidine rings is 1. The number of carbonyl (C=O) groups is 2. The van der Waals surface area contributed by atoms with Crippen LogP contribution in [0.1, 0.15) is 18.4 Å². The molecule has 1 saturated heterocycles. The number of phenolic OH excluding ortho intramolecular Hbond substituents is 1. The van der Waals surface area contributed by atoms with Gasteiger partial charge in [-0.1, -0.05) is 23.7 Å². The number of hydrogen-bond acceptors (Lipinski definition) is 3. The Balaban J connectivity index is 1.57. The lowest BCUT2D eigenvalue weighted by Crippen LogP contribution is -2.43. The minimum absolute atomic E-state index is 0.118. The maximum absolute atomic E-state index is 13.1. The molecule has 1 fully saturated rings. The molecule has 0 saturated carbocycles. The molecule has 160 valence electrons. The Morgan fingerprint density at radius 1 is 1.03 bits per heavy atom. The molecular formula is C20H19ClF3N3O3. The molecule has 3 N–H and O–H groups in total. The van der Waals surface area contributed by atoms with Crippen LogP contribution in [0.5, 0.6) is 5.75 Å². The van der Waals surface area contributed by atoms with Crippen molar-refractivity contribution in [2.24, 2.45) is 5.92 Å². The summed E-state index contributed by atoms with van der Waals surface area (Å²) < 4.78 is 39.2. The van der Waals surface area contributed by atoms with Gasteiger partial charge in [-0.2, -0.15) is 13.2 Å². The standard InChI is InChI=1S/C20H19ClF3N3O3/c21-13-5-6-17(28)16(11-13)25-18(29)12-7-9-27(10-8-12)19(30)26-15-4-2-1-3-14(15)20(22,23)24/h1-6,11-12,28H,7-10H2,(H,25,29)(H,26,30). The summed E-state index contributed by atoms with van der Waals surface area (Å²) in [6, 6.07) is 8.38. The largest absolute Gasteiger partial charge is 0.506 e. The van der Waals surface area contributed by atoms with E-state index in [0.717, 1.165) is 6.07 Å². The number of alkyl halides is 3. The molecule has 2 aromatic rings. The second kappa shape index (κ2) is 8.83. The monoisotopic (exact) mass is 441 g/mol. The number of phenols is 1. The van der Waals surface area contributed by atoms with Crippen molar-refractivity contribution in [1.82, 2.24) is 4.90 Å². The molecule has 1 aliphatic rings. The molecule has 1 aliphatic heterocycles. The Bertz CT molecular complexity index is 944. The number of anilines is 2. The van der Waals surface area contributed by atoms with Gasteiger partial charge in [0, 0.05) is 24.0 Å². The number of nitrogens with zero attached hydrogens (tertiary/aromatic N) is 1. The summed E-state index contributed by atoms with van der Waals surface area (Å²) in [7, 11) is 0. The number of carbonyl (C=O) groups excluding carboxylic acids is 2. The lowest BCUT2D eigenvalue weighted by molar-refractivity contribution is -0.137. The zero-order valence-electron chi connectivity index (χ0n) is 15.7. The van der Waals surface area contributed by atoms with Crippen molar-refractivity contribution in [3.63, 3.8) is 0 Å². The quantitative estimate of drug-likeness (QED) is 0.590. The van der Waals surface area contributed by atoms with Gasteiger partial charge in [0.15, 0.2) is 0 Å². The number of hydrogen-bond donors (Lipinski definition) is 3. The molecule has 10 heteroatoms. The predicted molar refractivity (Wildman–Crippen MR) is 107 cm³/mol. The maximum Gasteiger partial charge on any atom is 0.418 e. The SMILES string of the molecule is O=C(Nc1cc(Cl)ccc1O)C1CCN(C(=O)Nc2ccccc2C(F)(F)F)CC1. The average molecular weight is 442 g/mol. The zero-order chi connectivity index (χ0) is 21.9. The summed E-state index contributed by atoms with van der Waals surface area (Å²) in [6.07, 6.45) is -3.91. The van der Waals surface area contributed by atoms with Gasteiger partial charge in [0.1, 0.15) is 5.75 Å². The van der Waals surface area contributed by atoms with Crippen LogP contribution in [0, 0.1) is 5.92 Å². The van der Waals surface area contributed by atoms with E-state index >= 15 is 0 Å². The molecule has 1 heterocycles. The van der Waals surface area contributed by atoms with E-state index in [-0.39, 0.29) is 36.1 Å². The van der Waals surface area contributed by atoms with Crippen LogP contribution >= 0.6 is 11.6 Å². The van der Waals surface area contributed by atoms with Crippen LogP contribution in [0.15, 0.2) is 42.5 Å². The van der Waals surface area contributed by atoms with Crippen LogP contribution in [-0.4, -0.2) is 35.0 Å². The number of urea groups is 1. The van der Waals surface area contributed by atoms with Gasteiger partial charge in [-0.05, 0) is 43.2 Å². The van der Waals surface area contributed by atoms with E-state index in [0.29, 0.717) is 17.9 Å². The molecule has 0 spiro atoms. The lowest BCUT2D eigenvalue weighted by atomic mass is 9.96. The minimum atomic E-state index is -4.58. The average Bonchev–Trinajstić information content (AvgIpc) is 2.70. The first kappa shape index (κ1) is 21.8. The van der Waals surface area contributed by atoms with Crippen molar-refractivity contribution in [3.05, 3.63) is 53.1 Å². The highest BCUT2D eigenvalue weighted by molar-refractivity contribution is 6.31. The minimum Gasteiger partial charge on any atom is -0.506 e. The summed E-state index contributed by atoms with van der Waals surface area (Å²) in [6.45, 7) is 0.416. The first-order chi connectivity index (χ1) is 14.1. The van der Waals surface area contributed by atoms with Gasteiger partial charge in [0.2, 0.25) is 5.91 Å². The van der Waals surface area contributed by atoms with E-state index < -0.39 is 23.7 Å². The second-order valence-electron chi connectivity index (χ2n) is 6.89. The van der Waals surface area contributed by atoms with Gasteiger partial charge in [-0.25, -0.2) is 4.79 Å². The van der Waals surface area contributed by atoms with Gasteiger partial charge in [0.05, 0.1) is 16.9 Å². The lowest BCUT2D eigenvalue weighted by Gasteiger charge is -2.31. The van der Waals surface area contributed by atoms with Crippen LogP contribution in [0.4, 0.5) is 29.3 Å². The molecule has 3 amide bonds. The number of amides is 3. The topological polar surface area (TPSA) is 81.7 Å². The Morgan fingerprint density at radius 3 is 2.37 bits per heavy atom. The van der Waals surface area contributed by atoms with E-state index in [1.54, 1.807) is 0 Å². The first-order valence-corrected chi connectivity index (χ1v) is 9.54. The number of benzene rings is 2. The fourth-order valence-electron chi connectivity index (χ4n) is 3.22. The van der Waals surface area contributed by atoms with Crippen molar-refractivity contribution in [2.45, 2.75) is 19.0 Å². The van der Waals surface area contributed by atoms with Crippen molar-refractivity contribution < 1.29 is 27.9 Å². The van der Waals surface area contributed by atoms with Crippen LogP contribution < -0.4 is 10.6 Å². The number of likely N-dealkylation sites (tertiary alicyclic amines) is 1. The molecule has 0 atom stereocenters. The zero-order valence-corrected chi connectivity index (χ0v) is 16.4. The van der Waals surface area contributed by atoms with E-state index in [1.165, 1.54) is 41.3 Å². The molecule has 0 aliphatic carbocycles. The third-order valence-corrected chi connectivity index (χ3v) is 5.08. The third kappa shape index (κ3) is 5.15. The molecule has 3 rings (SSSR count). The number of aromatic hydroxyl groups is 1. The Morgan fingerprint density at radius 2 is 1.70 bits per heavy atom. The summed E-state index contributed by atoms with van der Waals surface area (Å²) >= 11 is 5.86. The van der Waals surface area contributed by atoms with Gasteiger partial charge in [-0.3, -0.25) is 4.79 Å². The van der Waals surface area contributed by atoms with Crippen molar-refractivity contribution in [2.75, 3.05) is 23.7 Å². The number of para-hydroxylation sites is 1. The molecule has 0 unspecified atom stereocenters. The number of nitrogens with one attached hydrogen (secondary N) is 2. The highest BCUT2D eigenvalue weighted by Crippen LogP contribution is 2.35. The highest BCUT2D eigenvalue weighted by Gasteiger charge is 2.34. The molecule has 0 radical (unpaired) electrons. The van der Waals surface area contributed by atoms with E-state index in [4.69, 9.17) is 11.6 Å². The van der Waals surface area contributed by atoms with Crippen molar-refractivity contribution >= 4 is 34.9 Å². The molecule has 0 aromatic heterocycles.